The van der Waals surface area contributed by atoms with Crippen LogP contribution in [0.4, 0.5) is 5.82 Å². The predicted octanol–water partition coefficient (Wildman–Crippen LogP) is 0.496. The SMILES string of the molecule is CCc1cnc(NC2CCNCC2)c(=O)[nH]1. The van der Waals surface area contributed by atoms with E-state index in [9.17, 15) is 4.79 Å². The molecule has 1 fully saturated rings. The first-order chi connectivity index (χ1) is 7.79. The van der Waals surface area contributed by atoms with Gasteiger partial charge in [-0.25, -0.2) is 4.98 Å². The molecule has 0 amide bonds. The Morgan fingerprint density at radius 2 is 2.25 bits per heavy atom. The molecule has 1 aromatic rings. The van der Waals surface area contributed by atoms with Crippen molar-refractivity contribution in [1.82, 2.24) is 15.3 Å². The van der Waals surface area contributed by atoms with Crippen molar-refractivity contribution in [2.45, 2.75) is 32.2 Å². The molecule has 0 radical (unpaired) electrons. The summed E-state index contributed by atoms with van der Waals surface area (Å²) in [4.78, 5) is 18.7. The van der Waals surface area contributed by atoms with E-state index in [1.165, 1.54) is 0 Å². The van der Waals surface area contributed by atoms with E-state index in [2.05, 4.69) is 20.6 Å². The molecule has 1 saturated heterocycles. The Balaban J connectivity index is 2.06. The van der Waals surface area contributed by atoms with Crippen LogP contribution in [-0.2, 0) is 6.42 Å². The molecule has 3 N–H and O–H groups in total. The highest BCUT2D eigenvalue weighted by Gasteiger charge is 2.14. The molecule has 0 bridgehead atoms. The summed E-state index contributed by atoms with van der Waals surface area (Å²) in [6, 6.07) is 0.363. The summed E-state index contributed by atoms with van der Waals surface area (Å²) in [5.41, 5.74) is 0.763. The maximum absolute atomic E-state index is 11.7. The molecule has 16 heavy (non-hydrogen) atoms. The zero-order valence-corrected chi connectivity index (χ0v) is 9.55. The Labute approximate surface area is 94.7 Å². The van der Waals surface area contributed by atoms with Crippen LogP contribution in [0.25, 0.3) is 0 Å². The Hall–Kier alpha value is -1.36. The molecule has 5 nitrogen and oxygen atoms in total. The van der Waals surface area contributed by atoms with Gasteiger partial charge in [-0.1, -0.05) is 6.92 Å². The highest BCUT2D eigenvalue weighted by molar-refractivity contribution is 5.32. The van der Waals surface area contributed by atoms with Crippen LogP contribution in [0.2, 0.25) is 0 Å². The topological polar surface area (TPSA) is 69.8 Å². The summed E-state index contributed by atoms with van der Waals surface area (Å²) < 4.78 is 0. The maximum Gasteiger partial charge on any atom is 0.290 e. The molecule has 1 aliphatic rings. The average Bonchev–Trinajstić information content (AvgIpc) is 2.33. The van der Waals surface area contributed by atoms with E-state index < -0.39 is 0 Å². The Morgan fingerprint density at radius 3 is 2.88 bits per heavy atom. The van der Waals surface area contributed by atoms with E-state index in [4.69, 9.17) is 0 Å². The molecule has 2 rings (SSSR count). The number of nitrogens with one attached hydrogen (secondary N) is 3. The van der Waals surface area contributed by atoms with Crippen molar-refractivity contribution in [3.05, 3.63) is 22.2 Å². The van der Waals surface area contributed by atoms with Gasteiger partial charge in [0.25, 0.3) is 5.56 Å². The van der Waals surface area contributed by atoms with Gasteiger partial charge in [-0.3, -0.25) is 4.79 Å². The number of aryl methyl sites for hydroxylation is 1. The van der Waals surface area contributed by atoms with E-state index >= 15 is 0 Å². The molecule has 1 aliphatic heterocycles. The fourth-order valence-electron chi connectivity index (χ4n) is 1.88. The van der Waals surface area contributed by atoms with Crippen LogP contribution in [0.1, 0.15) is 25.5 Å². The van der Waals surface area contributed by atoms with Crippen molar-refractivity contribution in [1.29, 1.82) is 0 Å². The van der Waals surface area contributed by atoms with Gasteiger partial charge < -0.3 is 15.6 Å². The van der Waals surface area contributed by atoms with E-state index in [1.807, 2.05) is 6.92 Å². The van der Waals surface area contributed by atoms with Gasteiger partial charge in [0, 0.05) is 17.9 Å². The van der Waals surface area contributed by atoms with Crippen LogP contribution in [0.3, 0.4) is 0 Å². The van der Waals surface area contributed by atoms with Gasteiger partial charge in [-0.15, -0.1) is 0 Å². The van der Waals surface area contributed by atoms with Crippen molar-refractivity contribution < 1.29 is 0 Å². The highest BCUT2D eigenvalue weighted by Crippen LogP contribution is 2.07. The summed E-state index contributed by atoms with van der Waals surface area (Å²) in [6.07, 6.45) is 4.61. The Kier molecular flexibility index (Phi) is 3.56. The number of hydrogen-bond donors (Lipinski definition) is 3. The van der Waals surface area contributed by atoms with Gasteiger partial charge in [0.1, 0.15) is 0 Å². The second kappa shape index (κ2) is 5.12. The number of aromatic nitrogens is 2. The lowest BCUT2D eigenvalue weighted by Gasteiger charge is -2.23. The lowest BCUT2D eigenvalue weighted by atomic mass is 10.1. The molecule has 0 spiro atoms. The largest absolute Gasteiger partial charge is 0.363 e. The smallest absolute Gasteiger partial charge is 0.290 e. The molecule has 1 aromatic heterocycles. The molecular formula is C11H18N4O. The average molecular weight is 222 g/mol. The monoisotopic (exact) mass is 222 g/mol. The third-order valence-corrected chi connectivity index (χ3v) is 2.90. The van der Waals surface area contributed by atoms with Gasteiger partial charge in [0.05, 0.1) is 0 Å². The first-order valence-electron chi connectivity index (χ1n) is 5.85. The minimum Gasteiger partial charge on any atom is -0.363 e. The molecule has 2 heterocycles. The number of nitrogens with zero attached hydrogens (tertiary/aromatic N) is 1. The lowest BCUT2D eigenvalue weighted by Crippen LogP contribution is -2.37. The number of H-pyrrole nitrogens is 1. The van der Waals surface area contributed by atoms with Crippen LogP contribution in [0.5, 0.6) is 0 Å². The standard InChI is InChI=1S/C11H18N4O/c1-2-8-7-13-10(11(16)15-8)14-9-3-5-12-6-4-9/h7,9,12H,2-6H2,1H3,(H,13,14)(H,15,16). The summed E-state index contributed by atoms with van der Waals surface area (Å²) in [5.74, 6) is 0.448. The van der Waals surface area contributed by atoms with Crippen molar-refractivity contribution >= 4 is 5.82 Å². The highest BCUT2D eigenvalue weighted by atomic mass is 16.1. The second-order valence-electron chi connectivity index (χ2n) is 4.11. The number of aromatic amines is 1. The van der Waals surface area contributed by atoms with Crippen LogP contribution in [-0.4, -0.2) is 29.1 Å². The number of anilines is 1. The number of rotatable bonds is 3. The van der Waals surface area contributed by atoms with Gasteiger partial charge >= 0.3 is 0 Å². The van der Waals surface area contributed by atoms with Crippen molar-refractivity contribution in [2.75, 3.05) is 18.4 Å². The first-order valence-corrected chi connectivity index (χ1v) is 5.85. The van der Waals surface area contributed by atoms with E-state index in [1.54, 1.807) is 6.20 Å². The second-order valence-corrected chi connectivity index (χ2v) is 4.11. The number of hydrogen-bond acceptors (Lipinski definition) is 4. The quantitative estimate of drug-likeness (QED) is 0.696. The molecule has 88 valence electrons. The molecule has 0 saturated carbocycles. The zero-order chi connectivity index (χ0) is 11.4. The van der Waals surface area contributed by atoms with Gasteiger partial charge in [0.15, 0.2) is 5.82 Å². The Bertz CT molecular complexity index is 395. The summed E-state index contributed by atoms with van der Waals surface area (Å²) in [7, 11) is 0. The Morgan fingerprint density at radius 1 is 1.50 bits per heavy atom. The van der Waals surface area contributed by atoms with E-state index in [0.717, 1.165) is 38.0 Å². The van der Waals surface area contributed by atoms with E-state index in [0.29, 0.717) is 11.9 Å². The van der Waals surface area contributed by atoms with Crippen molar-refractivity contribution in [3.63, 3.8) is 0 Å². The third-order valence-electron chi connectivity index (χ3n) is 2.90. The third kappa shape index (κ3) is 2.61. The van der Waals surface area contributed by atoms with Crippen LogP contribution < -0.4 is 16.2 Å². The molecular weight excluding hydrogens is 204 g/mol. The molecule has 0 aromatic carbocycles. The van der Waals surface area contributed by atoms with Gasteiger partial charge in [-0.05, 0) is 32.4 Å². The summed E-state index contributed by atoms with van der Waals surface area (Å²) in [6.45, 7) is 4.00. The lowest BCUT2D eigenvalue weighted by molar-refractivity contribution is 0.478. The van der Waals surface area contributed by atoms with Crippen LogP contribution in [0.15, 0.2) is 11.0 Å². The molecule has 0 atom stereocenters. The fourth-order valence-corrected chi connectivity index (χ4v) is 1.88. The fraction of sp³-hybridized carbons (Fsp3) is 0.636. The molecule has 0 unspecified atom stereocenters. The maximum atomic E-state index is 11.7. The van der Waals surface area contributed by atoms with Crippen LogP contribution in [0, 0.1) is 0 Å². The molecule has 5 heteroatoms. The van der Waals surface area contributed by atoms with Gasteiger partial charge in [-0.2, -0.15) is 0 Å². The summed E-state index contributed by atoms with van der Waals surface area (Å²) in [5, 5.41) is 6.49. The minimum atomic E-state index is -0.113. The zero-order valence-electron chi connectivity index (χ0n) is 9.55. The number of piperidine rings is 1. The first kappa shape index (κ1) is 11.1. The van der Waals surface area contributed by atoms with E-state index in [-0.39, 0.29) is 5.56 Å². The summed E-state index contributed by atoms with van der Waals surface area (Å²) >= 11 is 0. The predicted molar refractivity (Wildman–Crippen MR) is 63.8 cm³/mol. The van der Waals surface area contributed by atoms with Crippen molar-refractivity contribution in [2.24, 2.45) is 0 Å². The normalized spacial score (nSPS) is 17.3. The van der Waals surface area contributed by atoms with Gasteiger partial charge in [0.2, 0.25) is 0 Å². The van der Waals surface area contributed by atoms with Crippen LogP contribution >= 0.6 is 0 Å². The minimum absolute atomic E-state index is 0.113. The van der Waals surface area contributed by atoms with Crippen molar-refractivity contribution in [3.8, 4) is 0 Å². The molecule has 0 aliphatic carbocycles.